The fourth-order valence-corrected chi connectivity index (χ4v) is 7.43. The molecule has 2 heterocycles. The van der Waals surface area contributed by atoms with E-state index in [9.17, 15) is 9.65 Å². The van der Waals surface area contributed by atoms with Crippen molar-refractivity contribution in [2.75, 3.05) is 41.0 Å². The first-order valence-electron chi connectivity index (χ1n) is 15.6. The highest BCUT2D eigenvalue weighted by molar-refractivity contribution is 5.81. The maximum absolute atomic E-state index is 13.6. The molecule has 1 unspecified atom stereocenters. The van der Waals surface area contributed by atoms with Crippen molar-refractivity contribution in [1.29, 1.82) is 5.26 Å². The molecule has 0 bridgehead atoms. The molecular weight excluding hydrogens is 531 g/mol. The maximum atomic E-state index is 13.6. The van der Waals surface area contributed by atoms with Gasteiger partial charge >= 0.3 is 0 Å². The number of nitriles is 1. The van der Waals surface area contributed by atoms with Gasteiger partial charge in [-0.05, 0) is 93.9 Å². The number of nitrogens with zero attached hydrogens (tertiary/aromatic N) is 3. The van der Waals surface area contributed by atoms with Gasteiger partial charge in [-0.15, -0.1) is 0 Å². The lowest BCUT2D eigenvalue weighted by atomic mass is 9.64. The number of nitrogens with one attached hydrogen (secondary N) is 1. The number of piperidine rings is 1. The van der Waals surface area contributed by atoms with Crippen LogP contribution in [0.2, 0.25) is 0 Å². The first-order chi connectivity index (χ1) is 20.5. The van der Waals surface area contributed by atoms with Crippen molar-refractivity contribution in [3.8, 4) is 23.3 Å². The van der Waals surface area contributed by atoms with Gasteiger partial charge in [0, 0.05) is 23.1 Å². The first kappa shape index (κ1) is 30.2. The molecule has 0 radical (unpaired) electrons. The van der Waals surface area contributed by atoms with Crippen molar-refractivity contribution in [2.24, 2.45) is 5.92 Å². The van der Waals surface area contributed by atoms with Crippen LogP contribution in [0.4, 0.5) is 4.39 Å². The molecule has 42 heavy (non-hydrogen) atoms. The van der Waals surface area contributed by atoms with E-state index in [1.54, 1.807) is 21.3 Å². The topological polar surface area (TPSA) is 83.4 Å². The Hall–Kier alpha value is -3.31. The van der Waals surface area contributed by atoms with Crippen molar-refractivity contribution < 1.29 is 18.6 Å². The van der Waals surface area contributed by atoms with Gasteiger partial charge in [-0.3, -0.25) is 5.10 Å². The lowest BCUT2D eigenvalue weighted by Crippen LogP contribution is -2.37. The molecule has 5 rings (SSSR count). The van der Waals surface area contributed by atoms with Crippen molar-refractivity contribution in [3.63, 3.8) is 0 Å². The number of fused-ring (bicyclic) bond motifs is 1. The molecule has 1 aliphatic carbocycles. The second kappa shape index (κ2) is 13.8. The molecule has 1 saturated heterocycles. The van der Waals surface area contributed by atoms with Crippen LogP contribution in [-0.4, -0.2) is 56.1 Å². The third-order valence-corrected chi connectivity index (χ3v) is 9.77. The van der Waals surface area contributed by atoms with Crippen LogP contribution in [0, 0.1) is 23.1 Å². The average Bonchev–Trinajstić information content (AvgIpc) is 3.42. The summed E-state index contributed by atoms with van der Waals surface area (Å²) in [6, 6.07) is 11.7. The normalized spacial score (nSPS) is 19.0. The summed E-state index contributed by atoms with van der Waals surface area (Å²) in [6.07, 6.45) is 12.0. The van der Waals surface area contributed by atoms with Gasteiger partial charge in [0.1, 0.15) is 5.82 Å². The van der Waals surface area contributed by atoms with E-state index in [-0.39, 0.29) is 11.7 Å². The lowest BCUT2D eigenvalue weighted by molar-refractivity contribution is 0.191. The minimum atomic E-state index is -0.618. The predicted molar refractivity (Wildman–Crippen MR) is 163 cm³/mol. The molecule has 7 nitrogen and oxygen atoms in total. The molecule has 8 heteroatoms. The van der Waals surface area contributed by atoms with Gasteiger partial charge in [0.05, 0.1) is 38.3 Å². The van der Waals surface area contributed by atoms with E-state index in [2.05, 4.69) is 21.2 Å². The van der Waals surface area contributed by atoms with Crippen LogP contribution in [0.15, 0.2) is 30.3 Å². The van der Waals surface area contributed by atoms with Gasteiger partial charge in [-0.1, -0.05) is 32.1 Å². The summed E-state index contributed by atoms with van der Waals surface area (Å²) < 4.78 is 30.7. The SMILES string of the molecule is COc1cc(C(C#N)(CCCN2CCC(c3[nH]nc4cc(F)ccc34)CC2)C2CCCCCCC2)cc(OC)c1OC. The Bertz CT molecular complexity index is 1340. The second-order valence-corrected chi connectivity index (χ2v) is 12.1. The average molecular weight is 577 g/mol. The second-order valence-electron chi connectivity index (χ2n) is 12.1. The quantitative estimate of drug-likeness (QED) is 0.269. The number of aromatic amines is 1. The minimum Gasteiger partial charge on any atom is -0.493 e. The fourth-order valence-electron chi connectivity index (χ4n) is 7.43. The Balaban J connectivity index is 1.31. The molecule has 1 atom stereocenters. The van der Waals surface area contributed by atoms with Crippen LogP contribution < -0.4 is 14.2 Å². The summed E-state index contributed by atoms with van der Waals surface area (Å²) in [5.74, 6) is 2.20. The van der Waals surface area contributed by atoms with Gasteiger partial charge in [0.25, 0.3) is 0 Å². The highest BCUT2D eigenvalue weighted by Gasteiger charge is 2.41. The van der Waals surface area contributed by atoms with Crippen LogP contribution >= 0.6 is 0 Å². The largest absolute Gasteiger partial charge is 0.493 e. The maximum Gasteiger partial charge on any atom is 0.203 e. The van der Waals surface area contributed by atoms with Gasteiger partial charge in [-0.25, -0.2) is 4.39 Å². The zero-order valence-corrected chi connectivity index (χ0v) is 25.4. The van der Waals surface area contributed by atoms with E-state index in [1.807, 2.05) is 18.2 Å². The number of rotatable bonds is 10. The van der Waals surface area contributed by atoms with Crippen LogP contribution in [0.1, 0.15) is 87.8 Å². The van der Waals surface area contributed by atoms with E-state index in [4.69, 9.17) is 14.2 Å². The Labute approximate surface area is 249 Å². The molecular formula is C34H45FN4O3. The van der Waals surface area contributed by atoms with E-state index in [0.717, 1.165) is 74.8 Å². The standard InChI is InChI=1S/C34H45FN4O3/c1-40-30-20-26(21-31(41-2)33(30)42-3)34(23-36,25-10-7-5-4-6-8-11-25)16-9-17-39-18-14-24(15-19-39)32-28-13-12-27(35)22-29(28)37-38-32/h12-13,20-22,24-25H,4-11,14-19H2,1-3H3,(H,37,38). The zero-order valence-electron chi connectivity index (χ0n) is 25.4. The summed E-state index contributed by atoms with van der Waals surface area (Å²) in [7, 11) is 4.89. The van der Waals surface area contributed by atoms with Crippen molar-refractivity contribution >= 4 is 10.9 Å². The summed E-state index contributed by atoms with van der Waals surface area (Å²) >= 11 is 0. The summed E-state index contributed by atoms with van der Waals surface area (Å²) in [5.41, 5.74) is 2.18. The molecule has 1 N–H and O–H groups in total. The van der Waals surface area contributed by atoms with Crippen molar-refractivity contribution in [3.05, 3.63) is 47.4 Å². The number of hydrogen-bond donors (Lipinski definition) is 1. The number of hydrogen-bond acceptors (Lipinski definition) is 6. The summed E-state index contributed by atoms with van der Waals surface area (Å²) in [6.45, 7) is 2.96. The zero-order chi connectivity index (χ0) is 29.5. The molecule has 3 aromatic rings. The molecule has 0 spiro atoms. The van der Waals surface area contributed by atoms with Gasteiger partial charge < -0.3 is 19.1 Å². The van der Waals surface area contributed by atoms with E-state index in [0.29, 0.717) is 28.7 Å². The Kier molecular flexibility index (Phi) is 9.89. The van der Waals surface area contributed by atoms with E-state index in [1.165, 1.54) is 44.2 Å². The molecule has 226 valence electrons. The van der Waals surface area contributed by atoms with E-state index >= 15 is 0 Å². The number of H-pyrrole nitrogens is 1. The molecule has 2 aliphatic rings. The Morgan fingerprint density at radius 2 is 1.62 bits per heavy atom. The van der Waals surface area contributed by atoms with Crippen molar-refractivity contribution in [1.82, 2.24) is 15.1 Å². The summed E-state index contributed by atoms with van der Waals surface area (Å²) in [5, 5.41) is 19.5. The van der Waals surface area contributed by atoms with Gasteiger partial charge in [0.2, 0.25) is 5.75 Å². The van der Waals surface area contributed by atoms with Crippen LogP contribution in [0.5, 0.6) is 17.2 Å². The monoisotopic (exact) mass is 576 g/mol. The lowest BCUT2D eigenvalue weighted by Gasteiger charge is -2.38. The molecule has 2 fully saturated rings. The third-order valence-electron chi connectivity index (χ3n) is 9.77. The number of benzene rings is 2. The first-order valence-corrected chi connectivity index (χ1v) is 15.6. The molecule has 1 saturated carbocycles. The molecule has 1 aromatic heterocycles. The van der Waals surface area contributed by atoms with Crippen molar-refractivity contribution in [2.45, 2.75) is 82.0 Å². The van der Waals surface area contributed by atoms with Crippen LogP contribution in [-0.2, 0) is 5.41 Å². The summed E-state index contributed by atoms with van der Waals surface area (Å²) in [4.78, 5) is 2.53. The number of ether oxygens (including phenoxy) is 3. The number of aromatic nitrogens is 2. The van der Waals surface area contributed by atoms with Crippen LogP contribution in [0.3, 0.4) is 0 Å². The number of halogens is 1. The Morgan fingerprint density at radius 3 is 2.24 bits per heavy atom. The van der Waals surface area contributed by atoms with Gasteiger partial charge in [0.15, 0.2) is 11.5 Å². The predicted octanol–water partition coefficient (Wildman–Crippen LogP) is 7.51. The van der Waals surface area contributed by atoms with Gasteiger partial charge in [-0.2, -0.15) is 10.4 Å². The molecule has 0 amide bonds. The number of likely N-dealkylation sites (tertiary alicyclic amines) is 1. The highest BCUT2D eigenvalue weighted by Crippen LogP contribution is 2.48. The molecule has 1 aliphatic heterocycles. The smallest absolute Gasteiger partial charge is 0.203 e. The number of methoxy groups -OCH3 is 3. The van der Waals surface area contributed by atoms with Crippen LogP contribution in [0.25, 0.3) is 10.9 Å². The fraction of sp³-hybridized carbons (Fsp3) is 0.588. The Morgan fingerprint density at radius 1 is 0.952 bits per heavy atom. The minimum absolute atomic E-state index is 0.255. The molecule has 2 aromatic carbocycles. The highest BCUT2D eigenvalue weighted by atomic mass is 19.1. The van der Waals surface area contributed by atoms with E-state index < -0.39 is 5.41 Å². The third kappa shape index (κ3) is 6.22.